The lowest BCUT2D eigenvalue weighted by Gasteiger charge is -2.26. The summed E-state index contributed by atoms with van der Waals surface area (Å²) in [4.78, 5) is 0. The van der Waals surface area contributed by atoms with Crippen LogP contribution in [-0.2, 0) is 6.42 Å². The number of hydrogen-bond donors (Lipinski definition) is 1. The highest BCUT2D eigenvalue weighted by molar-refractivity contribution is 5.26. The number of benzene rings is 1. The first kappa shape index (κ1) is 12.4. The van der Waals surface area contributed by atoms with Crippen molar-refractivity contribution < 1.29 is 8.81 Å². The van der Waals surface area contributed by atoms with E-state index in [-0.39, 0.29) is 11.9 Å². The molecule has 2 aromatic rings. The second kappa shape index (κ2) is 5.17. The van der Waals surface area contributed by atoms with Gasteiger partial charge in [-0.2, -0.15) is 0 Å². The van der Waals surface area contributed by atoms with Crippen molar-refractivity contribution in [1.29, 1.82) is 0 Å². The maximum atomic E-state index is 13.3. The van der Waals surface area contributed by atoms with Gasteiger partial charge in [-0.05, 0) is 43.5 Å². The van der Waals surface area contributed by atoms with Crippen molar-refractivity contribution in [3.8, 4) is 0 Å². The molecule has 1 aliphatic rings. The largest absolute Gasteiger partial charge is 0.469 e. The summed E-state index contributed by atoms with van der Waals surface area (Å²) < 4.78 is 18.7. The Labute approximate surface area is 112 Å². The summed E-state index contributed by atoms with van der Waals surface area (Å²) in [7, 11) is 0. The molecule has 0 radical (unpaired) electrons. The molecule has 0 fully saturated rings. The topological polar surface area (TPSA) is 25.2 Å². The van der Waals surface area contributed by atoms with Gasteiger partial charge in [0.05, 0.1) is 6.26 Å². The minimum atomic E-state index is -0.182. The smallest absolute Gasteiger partial charge is 0.123 e. The summed E-state index contributed by atoms with van der Waals surface area (Å²) in [6.07, 6.45) is 5.02. The lowest BCUT2D eigenvalue weighted by atomic mass is 9.92. The summed E-state index contributed by atoms with van der Waals surface area (Å²) >= 11 is 0. The average molecular weight is 259 g/mol. The van der Waals surface area contributed by atoms with Gasteiger partial charge in [-0.25, -0.2) is 4.39 Å². The zero-order chi connectivity index (χ0) is 13.2. The van der Waals surface area contributed by atoms with Crippen molar-refractivity contribution in [2.45, 2.75) is 38.3 Å². The van der Waals surface area contributed by atoms with E-state index in [0.717, 1.165) is 30.6 Å². The van der Waals surface area contributed by atoms with E-state index in [2.05, 4.69) is 12.2 Å². The normalized spacial score (nSPS) is 20.0. The van der Waals surface area contributed by atoms with Gasteiger partial charge in [0.1, 0.15) is 11.6 Å². The summed E-state index contributed by atoms with van der Waals surface area (Å²) in [6.45, 7) is 2.07. The Morgan fingerprint density at radius 3 is 3.11 bits per heavy atom. The second-order valence-electron chi connectivity index (χ2n) is 5.19. The van der Waals surface area contributed by atoms with Crippen molar-refractivity contribution in [3.05, 3.63) is 59.3 Å². The summed E-state index contributed by atoms with van der Waals surface area (Å²) in [6, 6.07) is 9.27. The molecule has 1 unspecified atom stereocenters. The van der Waals surface area contributed by atoms with Gasteiger partial charge >= 0.3 is 0 Å². The van der Waals surface area contributed by atoms with Crippen LogP contribution in [0.1, 0.15) is 48.7 Å². The lowest BCUT2D eigenvalue weighted by molar-refractivity contribution is 0.385. The van der Waals surface area contributed by atoms with Crippen LogP contribution in [0.4, 0.5) is 4.39 Å². The molecule has 1 aromatic carbocycles. The van der Waals surface area contributed by atoms with Crippen LogP contribution in [0, 0.1) is 5.82 Å². The highest BCUT2D eigenvalue weighted by Crippen LogP contribution is 2.32. The predicted molar refractivity (Wildman–Crippen MR) is 72.3 cm³/mol. The SMILES string of the molecule is C[C@@H](NC1CCCc2occc21)c1cccc(F)c1. The molecule has 0 saturated carbocycles. The Kier molecular flexibility index (Phi) is 3.38. The molecule has 1 aromatic heterocycles. The van der Waals surface area contributed by atoms with Gasteiger partial charge in [-0.1, -0.05) is 12.1 Å². The molecule has 0 aliphatic heterocycles. The Balaban J connectivity index is 1.76. The van der Waals surface area contributed by atoms with Crippen molar-refractivity contribution >= 4 is 0 Å². The van der Waals surface area contributed by atoms with E-state index in [1.807, 2.05) is 12.1 Å². The summed E-state index contributed by atoms with van der Waals surface area (Å²) in [5.74, 6) is 0.911. The van der Waals surface area contributed by atoms with Crippen LogP contribution < -0.4 is 5.32 Å². The van der Waals surface area contributed by atoms with E-state index in [4.69, 9.17) is 4.42 Å². The number of nitrogens with one attached hydrogen (secondary N) is 1. The van der Waals surface area contributed by atoms with Crippen LogP contribution in [0.2, 0.25) is 0 Å². The van der Waals surface area contributed by atoms with Crippen molar-refractivity contribution in [2.75, 3.05) is 0 Å². The highest BCUT2D eigenvalue weighted by atomic mass is 19.1. The molecule has 100 valence electrons. The van der Waals surface area contributed by atoms with E-state index in [1.165, 1.54) is 11.6 Å². The van der Waals surface area contributed by atoms with Gasteiger partial charge in [0.15, 0.2) is 0 Å². The third kappa shape index (κ3) is 2.56. The zero-order valence-corrected chi connectivity index (χ0v) is 11.0. The summed E-state index contributed by atoms with van der Waals surface area (Å²) in [5, 5.41) is 3.58. The van der Waals surface area contributed by atoms with Gasteiger partial charge in [0.25, 0.3) is 0 Å². The molecule has 2 nitrogen and oxygen atoms in total. The van der Waals surface area contributed by atoms with Gasteiger partial charge in [-0.3, -0.25) is 0 Å². The Bertz CT molecular complexity index is 563. The van der Waals surface area contributed by atoms with Crippen molar-refractivity contribution in [1.82, 2.24) is 5.32 Å². The number of fused-ring (bicyclic) bond motifs is 1. The highest BCUT2D eigenvalue weighted by Gasteiger charge is 2.23. The van der Waals surface area contributed by atoms with Crippen LogP contribution in [0.25, 0.3) is 0 Å². The van der Waals surface area contributed by atoms with E-state index < -0.39 is 0 Å². The fraction of sp³-hybridized carbons (Fsp3) is 0.375. The Morgan fingerprint density at radius 1 is 1.37 bits per heavy atom. The average Bonchev–Trinajstić information content (AvgIpc) is 2.88. The third-order valence-electron chi connectivity index (χ3n) is 3.85. The van der Waals surface area contributed by atoms with E-state index in [9.17, 15) is 4.39 Å². The number of rotatable bonds is 3. The molecule has 3 heteroatoms. The Hall–Kier alpha value is -1.61. The lowest BCUT2D eigenvalue weighted by Crippen LogP contribution is -2.27. The number of aryl methyl sites for hydroxylation is 1. The van der Waals surface area contributed by atoms with Crippen LogP contribution in [0.3, 0.4) is 0 Å². The van der Waals surface area contributed by atoms with Crippen molar-refractivity contribution in [2.24, 2.45) is 0 Å². The molecule has 0 saturated heterocycles. The molecule has 0 spiro atoms. The number of furan rings is 1. The first-order valence-electron chi connectivity index (χ1n) is 6.82. The third-order valence-corrected chi connectivity index (χ3v) is 3.85. The molecule has 1 aliphatic carbocycles. The Morgan fingerprint density at radius 2 is 2.26 bits per heavy atom. The fourth-order valence-electron chi connectivity index (χ4n) is 2.83. The summed E-state index contributed by atoms with van der Waals surface area (Å²) in [5.41, 5.74) is 2.24. The van der Waals surface area contributed by atoms with E-state index >= 15 is 0 Å². The quantitative estimate of drug-likeness (QED) is 0.895. The van der Waals surface area contributed by atoms with Crippen molar-refractivity contribution in [3.63, 3.8) is 0 Å². The molecular formula is C16H18FNO. The van der Waals surface area contributed by atoms with Crippen LogP contribution in [0.15, 0.2) is 41.0 Å². The fourth-order valence-corrected chi connectivity index (χ4v) is 2.83. The van der Waals surface area contributed by atoms with Gasteiger partial charge in [0, 0.05) is 24.1 Å². The number of hydrogen-bond acceptors (Lipinski definition) is 2. The van der Waals surface area contributed by atoms with Gasteiger partial charge in [-0.15, -0.1) is 0 Å². The van der Waals surface area contributed by atoms with Crippen LogP contribution >= 0.6 is 0 Å². The molecule has 1 N–H and O–H groups in total. The van der Waals surface area contributed by atoms with Crippen LogP contribution in [-0.4, -0.2) is 0 Å². The molecule has 1 heterocycles. The van der Waals surface area contributed by atoms with E-state index in [0.29, 0.717) is 6.04 Å². The molecule has 0 amide bonds. The monoisotopic (exact) mass is 259 g/mol. The first-order valence-corrected chi connectivity index (χ1v) is 6.82. The maximum absolute atomic E-state index is 13.3. The minimum Gasteiger partial charge on any atom is -0.469 e. The first-order chi connectivity index (χ1) is 9.24. The van der Waals surface area contributed by atoms with Crippen LogP contribution in [0.5, 0.6) is 0 Å². The molecular weight excluding hydrogens is 241 g/mol. The minimum absolute atomic E-state index is 0.126. The van der Waals surface area contributed by atoms with E-state index in [1.54, 1.807) is 18.4 Å². The van der Waals surface area contributed by atoms with Gasteiger partial charge < -0.3 is 9.73 Å². The molecule has 19 heavy (non-hydrogen) atoms. The molecule has 0 bridgehead atoms. The standard InChI is InChI=1S/C16H18FNO/c1-11(12-4-2-5-13(17)10-12)18-15-6-3-7-16-14(15)8-9-19-16/h2,4-5,8-11,15,18H,3,6-7H2,1H3/t11-,15?/m1/s1. The van der Waals surface area contributed by atoms with Gasteiger partial charge in [0.2, 0.25) is 0 Å². The number of halogens is 1. The molecule has 2 atom stereocenters. The zero-order valence-electron chi connectivity index (χ0n) is 11.0. The predicted octanol–water partition coefficient (Wildman–Crippen LogP) is 4.15. The second-order valence-corrected chi connectivity index (χ2v) is 5.19. The molecule has 3 rings (SSSR count). The maximum Gasteiger partial charge on any atom is 0.123 e.